The van der Waals surface area contributed by atoms with Crippen LogP contribution in [0.1, 0.15) is 24.1 Å². The molecule has 2 atom stereocenters. The molecular formula is C24H23F3N2O2. The second kappa shape index (κ2) is 8.69. The number of carbonyl (C=O) groups is 1. The Kier molecular flexibility index (Phi) is 5.98. The minimum Gasteiger partial charge on any atom is -0.365 e. The first-order valence-corrected chi connectivity index (χ1v) is 10.1. The average Bonchev–Trinajstić information content (AvgIpc) is 2.77. The van der Waals surface area contributed by atoms with E-state index in [1.165, 1.54) is 33.4 Å². The molecule has 0 spiro atoms. The molecule has 4 nitrogen and oxygen atoms in total. The Bertz CT molecular complexity index is 1060. The van der Waals surface area contributed by atoms with Gasteiger partial charge in [-0.25, -0.2) is 0 Å². The van der Waals surface area contributed by atoms with Crippen LogP contribution < -0.4 is 10.2 Å². The topological polar surface area (TPSA) is 41.6 Å². The molecule has 0 aliphatic carbocycles. The fraction of sp³-hybridized carbons (Fsp3) is 0.292. The molecule has 1 aliphatic rings. The summed E-state index contributed by atoms with van der Waals surface area (Å²) in [6, 6.07) is 19.1. The molecule has 1 saturated heterocycles. The van der Waals surface area contributed by atoms with Gasteiger partial charge in [-0.1, -0.05) is 42.5 Å². The van der Waals surface area contributed by atoms with Crippen LogP contribution in [0.2, 0.25) is 0 Å². The number of alkyl halides is 3. The van der Waals surface area contributed by atoms with Gasteiger partial charge >= 0.3 is 6.18 Å². The molecule has 7 heteroatoms. The van der Waals surface area contributed by atoms with Gasteiger partial charge in [-0.2, -0.15) is 13.2 Å². The molecule has 3 aromatic carbocycles. The van der Waals surface area contributed by atoms with Crippen LogP contribution in [0.15, 0.2) is 66.7 Å². The lowest BCUT2D eigenvalue weighted by Crippen LogP contribution is -2.50. The zero-order chi connectivity index (χ0) is 22.0. The Labute approximate surface area is 178 Å². The first-order valence-electron chi connectivity index (χ1n) is 10.1. The van der Waals surface area contributed by atoms with Crippen LogP contribution in [-0.4, -0.2) is 31.7 Å². The highest BCUT2D eigenvalue weighted by Gasteiger charge is 2.32. The number of halogens is 3. The van der Waals surface area contributed by atoms with E-state index in [0.29, 0.717) is 12.2 Å². The van der Waals surface area contributed by atoms with Crippen molar-refractivity contribution in [3.63, 3.8) is 0 Å². The molecule has 0 saturated carbocycles. The maximum atomic E-state index is 12.8. The molecule has 4 rings (SSSR count). The third kappa shape index (κ3) is 4.73. The van der Waals surface area contributed by atoms with Crippen LogP contribution in [0.3, 0.4) is 0 Å². The van der Waals surface area contributed by atoms with Crippen molar-refractivity contribution in [2.24, 2.45) is 0 Å². The number of morpholine rings is 1. The van der Waals surface area contributed by atoms with Gasteiger partial charge in [0.05, 0.1) is 18.2 Å². The molecule has 1 amide bonds. The molecule has 3 aromatic rings. The van der Waals surface area contributed by atoms with E-state index < -0.39 is 11.7 Å². The molecule has 0 aromatic heterocycles. The number of rotatable bonds is 5. The van der Waals surface area contributed by atoms with Crippen molar-refractivity contribution in [3.8, 4) is 0 Å². The highest BCUT2D eigenvalue weighted by atomic mass is 19.4. The van der Waals surface area contributed by atoms with E-state index >= 15 is 0 Å². The summed E-state index contributed by atoms with van der Waals surface area (Å²) in [6.07, 6.45) is -4.67. The Morgan fingerprint density at radius 3 is 2.52 bits per heavy atom. The van der Waals surface area contributed by atoms with Gasteiger partial charge in [0.2, 0.25) is 0 Å². The molecule has 1 unspecified atom stereocenters. The van der Waals surface area contributed by atoms with Gasteiger partial charge in [-0.15, -0.1) is 0 Å². The van der Waals surface area contributed by atoms with E-state index in [1.807, 2.05) is 18.2 Å². The van der Waals surface area contributed by atoms with Gasteiger partial charge in [0, 0.05) is 18.3 Å². The third-order valence-electron chi connectivity index (χ3n) is 5.58. The summed E-state index contributed by atoms with van der Waals surface area (Å²) in [7, 11) is 0. The summed E-state index contributed by atoms with van der Waals surface area (Å²) < 4.78 is 44.1. The highest BCUT2D eigenvalue weighted by molar-refractivity contribution is 5.95. The normalized spacial score (nSPS) is 18.4. The summed E-state index contributed by atoms with van der Waals surface area (Å²) in [6.45, 7) is 2.76. The second-order valence-electron chi connectivity index (χ2n) is 7.68. The lowest BCUT2D eigenvalue weighted by Gasteiger charge is -2.33. The van der Waals surface area contributed by atoms with Gasteiger partial charge in [0.1, 0.15) is 6.61 Å². The Hall–Kier alpha value is -2.90. The number of nitrogens with one attached hydrogen (secondary N) is 1. The van der Waals surface area contributed by atoms with Crippen LogP contribution in [0.4, 0.5) is 18.9 Å². The van der Waals surface area contributed by atoms with E-state index in [0.717, 1.165) is 12.1 Å². The number of hydrogen-bond acceptors (Lipinski definition) is 3. The van der Waals surface area contributed by atoms with Crippen LogP contribution in [-0.2, 0) is 15.7 Å². The number of benzene rings is 3. The van der Waals surface area contributed by atoms with Crippen molar-refractivity contribution < 1.29 is 22.7 Å². The first kappa shape index (κ1) is 21.3. The minimum absolute atomic E-state index is 0.0619. The zero-order valence-electron chi connectivity index (χ0n) is 17.0. The van der Waals surface area contributed by atoms with E-state index in [1.54, 1.807) is 0 Å². The lowest BCUT2D eigenvalue weighted by atomic mass is 9.99. The number of anilines is 1. The van der Waals surface area contributed by atoms with Crippen molar-refractivity contribution in [1.82, 2.24) is 5.32 Å². The molecule has 1 aliphatic heterocycles. The van der Waals surface area contributed by atoms with Crippen LogP contribution in [0.25, 0.3) is 10.8 Å². The third-order valence-corrected chi connectivity index (χ3v) is 5.58. The quantitative estimate of drug-likeness (QED) is 0.626. The van der Waals surface area contributed by atoms with Crippen molar-refractivity contribution in [2.75, 3.05) is 24.6 Å². The molecule has 162 valence electrons. The maximum Gasteiger partial charge on any atom is 0.416 e. The molecule has 0 radical (unpaired) electrons. The summed E-state index contributed by atoms with van der Waals surface area (Å²) in [5, 5.41) is 5.81. The molecule has 31 heavy (non-hydrogen) atoms. The Balaban J connectivity index is 1.42. The van der Waals surface area contributed by atoms with Crippen molar-refractivity contribution in [2.45, 2.75) is 25.2 Å². The van der Waals surface area contributed by atoms with E-state index in [2.05, 4.69) is 36.5 Å². The predicted molar refractivity (Wildman–Crippen MR) is 114 cm³/mol. The van der Waals surface area contributed by atoms with Gasteiger partial charge < -0.3 is 15.0 Å². The molecule has 1 heterocycles. The average molecular weight is 428 g/mol. The number of hydrogen-bond donors (Lipinski definition) is 1. The largest absolute Gasteiger partial charge is 0.416 e. The van der Waals surface area contributed by atoms with Crippen LogP contribution >= 0.6 is 0 Å². The molecule has 1 N–H and O–H groups in total. The van der Waals surface area contributed by atoms with E-state index in [4.69, 9.17) is 4.74 Å². The summed E-state index contributed by atoms with van der Waals surface area (Å²) in [4.78, 5) is 13.8. The van der Waals surface area contributed by atoms with Gasteiger partial charge in [0.25, 0.3) is 5.91 Å². The van der Waals surface area contributed by atoms with Gasteiger partial charge in [-0.05, 0) is 47.5 Å². The van der Waals surface area contributed by atoms with E-state index in [9.17, 15) is 18.0 Å². The lowest BCUT2D eigenvalue weighted by molar-refractivity contribution is -0.137. The summed E-state index contributed by atoms with van der Waals surface area (Å²) in [5.74, 6) is -0.266. The SMILES string of the molecule is C[C@@H](NCC1CN(c2ccc(C(F)(F)F)cc2)C(=O)CO1)c1cccc2ccccc12. The van der Waals surface area contributed by atoms with Crippen molar-refractivity contribution in [3.05, 3.63) is 77.9 Å². The summed E-state index contributed by atoms with van der Waals surface area (Å²) >= 11 is 0. The smallest absolute Gasteiger partial charge is 0.365 e. The minimum atomic E-state index is -4.41. The maximum absolute atomic E-state index is 12.8. The highest BCUT2D eigenvalue weighted by Crippen LogP contribution is 2.31. The monoisotopic (exact) mass is 428 g/mol. The second-order valence-corrected chi connectivity index (χ2v) is 7.68. The molecule has 0 bridgehead atoms. The van der Waals surface area contributed by atoms with Crippen molar-refractivity contribution >= 4 is 22.4 Å². The van der Waals surface area contributed by atoms with Gasteiger partial charge in [-0.3, -0.25) is 4.79 Å². The fourth-order valence-electron chi connectivity index (χ4n) is 3.87. The number of ether oxygens (including phenoxy) is 1. The molecule has 1 fully saturated rings. The number of carbonyl (C=O) groups excluding carboxylic acids is 1. The zero-order valence-corrected chi connectivity index (χ0v) is 17.0. The van der Waals surface area contributed by atoms with Gasteiger partial charge in [0.15, 0.2) is 0 Å². The first-order chi connectivity index (χ1) is 14.8. The summed E-state index contributed by atoms with van der Waals surface area (Å²) in [5.41, 5.74) is 0.872. The van der Waals surface area contributed by atoms with Crippen LogP contribution in [0.5, 0.6) is 0 Å². The molecular weight excluding hydrogens is 405 g/mol. The Morgan fingerprint density at radius 2 is 1.77 bits per heavy atom. The fourth-order valence-corrected chi connectivity index (χ4v) is 3.87. The van der Waals surface area contributed by atoms with Crippen LogP contribution in [0, 0.1) is 0 Å². The standard InChI is InChI=1S/C24H23F3N2O2/c1-16(21-8-4-6-17-5-2-3-7-22(17)21)28-13-20-14-29(23(30)15-31-20)19-11-9-18(10-12-19)24(25,26)27/h2-12,16,20,28H,13-15H2,1H3/t16-,20?/m1/s1. The van der Waals surface area contributed by atoms with Crippen molar-refractivity contribution in [1.29, 1.82) is 0 Å². The number of fused-ring (bicyclic) bond motifs is 1. The number of amides is 1. The Morgan fingerprint density at radius 1 is 1.06 bits per heavy atom. The van der Waals surface area contributed by atoms with E-state index in [-0.39, 0.29) is 31.2 Å². The predicted octanol–water partition coefficient (Wildman–Crippen LogP) is 4.94. The number of nitrogens with zero attached hydrogens (tertiary/aromatic N) is 1.